The zero-order valence-electron chi connectivity index (χ0n) is 13.6. The van der Waals surface area contributed by atoms with Crippen LogP contribution >= 0.6 is 11.6 Å². The Balaban J connectivity index is 1.62. The molecule has 4 nitrogen and oxygen atoms in total. The molecule has 23 heavy (non-hydrogen) atoms. The van der Waals surface area contributed by atoms with Crippen LogP contribution < -0.4 is 0 Å². The Morgan fingerprint density at radius 2 is 1.96 bits per heavy atom. The van der Waals surface area contributed by atoms with E-state index < -0.39 is 0 Å². The smallest absolute Gasteiger partial charge is 0.134 e. The molecule has 3 rings (SSSR count). The van der Waals surface area contributed by atoms with Crippen molar-refractivity contribution in [3.63, 3.8) is 0 Å². The second-order valence-corrected chi connectivity index (χ2v) is 7.27. The van der Waals surface area contributed by atoms with E-state index in [2.05, 4.69) is 9.80 Å². The number of piperazine rings is 1. The summed E-state index contributed by atoms with van der Waals surface area (Å²) in [5, 5.41) is 19.4. The van der Waals surface area contributed by atoms with E-state index in [4.69, 9.17) is 11.6 Å². The lowest BCUT2D eigenvalue weighted by atomic mass is 10.0. The predicted molar refractivity (Wildman–Crippen MR) is 92.8 cm³/mol. The summed E-state index contributed by atoms with van der Waals surface area (Å²) in [6.45, 7) is 4.24. The Labute approximate surface area is 143 Å². The number of phenolic OH excluding ortho intramolecular Hbond substituents is 1. The van der Waals surface area contributed by atoms with Crippen molar-refractivity contribution in [1.29, 1.82) is 0 Å². The van der Waals surface area contributed by atoms with Gasteiger partial charge in [0, 0.05) is 44.9 Å². The molecule has 1 aliphatic heterocycles. The van der Waals surface area contributed by atoms with E-state index in [9.17, 15) is 10.2 Å². The van der Waals surface area contributed by atoms with Crippen LogP contribution in [0.4, 0.5) is 0 Å². The number of aliphatic hydroxyl groups excluding tert-OH is 1. The van der Waals surface area contributed by atoms with Gasteiger partial charge in [-0.2, -0.15) is 0 Å². The molecular formula is C18H27ClN2O2. The highest BCUT2D eigenvalue weighted by Gasteiger charge is 2.32. The minimum Gasteiger partial charge on any atom is -0.506 e. The number of hydrogen-bond acceptors (Lipinski definition) is 4. The van der Waals surface area contributed by atoms with Gasteiger partial charge in [-0.25, -0.2) is 0 Å². The van der Waals surface area contributed by atoms with Crippen LogP contribution in [-0.4, -0.2) is 58.3 Å². The molecule has 1 unspecified atom stereocenters. The van der Waals surface area contributed by atoms with Crippen molar-refractivity contribution < 1.29 is 10.2 Å². The van der Waals surface area contributed by atoms with Gasteiger partial charge in [-0.05, 0) is 37.0 Å². The Kier molecular flexibility index (Phi) is 5.81. The molecule has 0 spiro atoms. The first-order valence-corrected chi connectivity index (χ1v) is 9.11. The Morgan fingerprint density at radius 1 is 1.17 bits per heavy atom. The third-order valence-electron chi connectivity index (χ3n) is 5.29. The summed E-state index contributed by atoms with van der Waals surface area (Å²) in [7, 11) is 0. The van der Waals surface area contributed by atoms with Gasteiger partial charge < -0.3 is 10.2 Å². The number of benzene rings is 1. The molecule has 1 heterocycles. The number of halogens is 1. The van der Waals surface area contributed by atoms with Crippen molar-refractivity contribution in [3.05, 3.63) is 28.8 Å². The van der Waals surface area contributed by atoms with Crippen LogP contribution in [0.5, 0.6) is 5.75 Å². The summed E-state index contributed by atoms with van der Waals surface area (Å²) < 4.78 is 0. The molecule has 1 aromatic carbocycles. The highest BCUT2D eigenvalue weighted by atomic mass is 35.5. The van der Waals surface area contributed by atoms with Crippen LogP contribution in [0.3, 0.4) is 0 Å². The van der Waals surface area contributed by atoms with Crippen LogP contribution in [0.2, 0.25) is 5.02 Å². The van der Waals surface area contributed by atoms with Crippen LogP contribution in [0.15, 0.2) is 18.2 Å². The first-order chi connectivity index (χ1) is 11.2. The quantitative estimate of drug-likeness (QED) is 0.866. The summed E-state index contributed by atoms with van der Waals surface area (Å²) >= 11 is 6.01. The maximum Gasteiger partial charge on any atom is 0.134 e. The standard InChI is InChI=1S/C18H27ClN2O2/c19-17-11-14(5-6-18(17)23)12-20-8-9-21(15-3-1-2-4-15)16(13-20)7-10-22/h5-6,11,15-16,22-23H,1-4,7-10,12-13H2. The number of phenols is 1. The number of aliphatic hydroxyl groups is 1. The van der Waals surface area contributed by atoms with Crippen molar-refractivity contribution in [2.75, 3.05) is 26.2 Å². The molecule has 5 heteroatoms. The molecule has 0 amide bonds. The molecule has 2 aliphatic rings. The fraction of sp³-hybridized carbons (Fsp3) is 0.667. The molecule has 1 saturated heterocycles. The van der Waals surface area contributed by atoms with Crippen molar-refractivity contribution in [2.45, 2.75) is 50.7 Å². The normalized spacial score (nSPS) is 24.3. The average Bonchev–Trinajstić information content (AvgIpc) is 3.06. The lowest BCUT2D eigenvalue weighted by Crippen LogP contribution is -2.55. The van der Waals surface area contributed by atoms with Gasteiger partial charge in [0.25, 0.3) is 0 Å². The number of nitrogens with zero attached hydrogens (tertiary/aromatic N) is 2. The predicted octanol–water partition coefficient (Wildman–Crippen LogP) is 2.86. The SMILES string of the molecule is OCCC1CN(Cc2ccc(O)c(Cl)c2)CCN1C1CCCC1. The summed E-state index contributed by atoms with van der Waals surface area (Å²) in [6.07, 6.45) is 6.18. The van der Waals surface area contributed by atoms with E-state index in [1.54, 1.807) is 6.07 Å². The van der Waals surface area contributed by atoms with E-state index in [1.165, 1.54) is 25.7 Å². The topological polar surface area (TPSA) is 46.9 Å². The summed E-state index contributed by atoms with van der Waals surface area (Å²) in [4.78, 5) is 5.08. The van der Waals surface area contributed by atoms with E-state index in [0.717, 1.165) is 44.2 Å². The van der Waals surface area contributed by atoms with Gasteiger partial charge >= 0.3 is 0 Å². The second-order valence-electron chi connectivity index (χ2n) is 6.86. The maximum absolute atomic E-state index is 9.54. The fourth-order valence-corrected chi connectivity index (χ4v) is 4.31. The van der Waals surface area contributed by atoms with Gasteiger partial charge in [0.1, 0.15) is 5.75 Å². The van der Waals surface area contributed by atoms with Crippen LogP contribution in [0.1, 0.15) is 37.7 Å². The van der Waals surface area contributed by atoms with Crippen molar-refractivity contribution in [1.82, 2.24) is 9.80 Å². The molecule has 1 saturated carbocycles. The molecule has 128 valence electrons. The minimum absolute atomic E-state index is 0.139. The lowest BCUT2D eigenvalue weighted by molar-refractivity contribution is 0.0267. The van der Waals surface area contributed by atoms with E-state index in [0.29, 0.717) is 11.1 Å². The monoisotopic (exact) mass is 338 g/mol. The molecule has 1 atom stereocenters. The molecule has 0 bridgehead atoms. The Bertz CT molecular complexity index is 520. The first-order valence-electron chi connectivity index (χ1n) is 8.73. The molecule has 2 N–H and O–H groups in total. The largest absolute Gasteiger partial charge is 0.506 e. The summed E-state index contributed by atoms with van der Waals surface area (Å²) in [5.41, 5.74) is 1.13. The molecule has 0 radical (unpaired) electrons. The number of hydrogen-bond donors (Lipinski definition) is 2. The van der Waals surface area contributed by atoms with E-state index in [-0.39, 0.29) is 12.4 Å². The molecule has 2 fully saturated rings. The highest BCUT2D eigenvalue weighted by molar-refractivity contribution is 6.32. The van der Waals surface area contributed by atoms with Crippen LogP contribution in [0, 0.1) is 0 Å². The van der Waals surface area contributed by atoms with Crippen molar-refractivity contribution in [2.24, 2.45) is 0 Å². The molecular weight excluding hydrogens is 312 g/mol. The van der Waals surface area contributed by atoms with Crippen molar-refractivity contribution in [3.8, 4) is 5.75 Å². The van der Waals surface area contributed by atoms with Gasteiger partial charge in [0.2, 0.25) is 0 Å². The summed E-state index contributed by atoms with van der Waals surface area (Å²) in [5.74, 6) is 0.139. The highest BCUT2D eigenvalue weighted by Crippen LogP contribution is 2.29. The van der Waals surface area contributed by atoms with Crippen LogP contribution in [0.25, 0.3) is 0 Å². The third-order valence-corrected chi connectivity index (χ3v) is 5.59. The van der Waals surface area contributed by atoms with Gasteiger partial charge in [0.05, 0.1) is 5.02 Å². The maximum atomic E-state index is 9.54. The van der Waals surface area contributed by atoms with Crippen molar-refractivity contribution >= 4 is 11.6 Å². The fourth-order valence-electron chi connectivity index (χ4n) is 4.11. The Hall–Kier alpha value is -0.810. The second kappa shape index (κ2) is 7.84. The Morgan fingerprint density at radius 3 is 2.65 bits per heavy atom. The average molecular weight is 339 g/mol. The molecule has 1 aromatic rings. The van der Waals surface area contributed by atoms with E-state index in [1.807, 2.05) is 12.1 Å². The zero-order valence-corrected chi connectivity index (χ0v) is 14.4. The minimum atomic E-state index is 0.139. The first kappa shape index (κ1) is 17.0. The van der Waals surface area contributed by atoms with Gasteiger partial charge in [-0.15, -0.1) is 0 Å². The summed E-state index contributed by atoms with van der Waals surface area (Å²) in [6, 6.07) is 6.62. The van der Waals surface area contributed by atoms with Gasteiger partial charge in [0.15, 0.2) is 0 Å². The van der Waals surface area contributed by atoms with E-state index >= 15 is 0 Å². The lowest BCUT2D eigenvalue weighted by Gasteiger charge is -2.44. The third kappa shape index (κ3) is 4.18. The van der Waals surface area contributed by atoms with Gasteiger partial charge in [-0.3, -0.25) is 9.80 Å². The number of rotatable bonds is 5. The van der Waals surface area contributed by atoms with Crippen LogP contribution in [-0.2, 0) is 6.54 Å². The molecule has 0 aromatic heterocycles. The zero-order chi connectivity index (χ0) is 16.2. The van der Waals surface area contributed by atoms with Gasteiger partial charge in [-0.1, -0.05) is 30.5 Å². The number of aromatic hydroxyl groups is 1. The molecule has 1 aliphatic carbocycles.